The average molecular weight is 292 g/mol. The second kappa shape index (κ2) is 14.8. The van der Waals surface area contributed by atoms with Crippen molar-refractivity contribution in [3.05, 3.63) is 12.2 Å². The first-order valence-electron chi connectivity index (χ1n) is 6.70. The predicted octanol–water partition coefficient (Wildman–Crippen LogP) is -1.49. The Labute approximate surface area is 142 Å². The predicted molar refractivity (Wildman–Crippen MR) is 67.9 cm³/mol. The van der Waals surface area contributed by atoms with Gasteiger partial charge in [-0.3, -0.25) is 4.79 Å². The summed E-state index contributed by atoms with van der Waals surface area (Å²) in [6.45, 7) is 2.15. The quantitative estimate of drug-likeness (QED) is 0.161. The Kier molecular flexibility index (Phi) is 16.0. The van der Waals surface area contributed by atoms with Crippen LogP contribution in [-0.2, 0) is 19.1 Å². The Morgan fingerprint density at radius 1 is 0.950 bits per heavy atom. The van der Waals surface area contributed by atoms with Crippen molar-refractivity contribution in [3.63, 3.8) is 0 Å². The molecule has 0 heterocycles. The van der Waals surface area contributed by atoms with Gasteiger partial charge in [-0.1, -0.05) is 45.4 Å². The van der Waals surface area contributed by atoms with Crippen molar-refractivity contribution < 1.29 is 53.8 Å². The van der Waals surface area contributed by atoms with Gasteiger partial charge in [-0.15, -0.1) is 0 Å². The summed E-state index contributed by atoms with van der Waals surface area (Å²) in [6.07, 6.45) is 8.88. The van der Waals surface area contributed by atoms with Crippen molar-refractivity contribution in [2.24, 2.45) is 0 Å². The molecule has 6 heteroatoms. The topological polar surface area (TPSA) is 83.5 Å². The van der Waals surface area contributed by atoms with E-state index >= 15 is 0 Å². The number of unbranched alkanes of at least 4 members (excludes halogenated alkanes) is 6. The number of esters is 2. The Bertz CT molecular complexity index is 326. The molecule has 108 valence electrons. The summed E-state index contributed by atoms with van der Waals surface area (Å²) in [5, 5.41) is 10.0. The minimum Gasteiger partial charge on any atom is -0.545 e. The number of carboxylic acid groups (broad SMARTS) is 1. The van der Waals surface area contributed by atoms with Gasteiger partial charge in [0.25, 0.3) is 0 Å². The summed E-state index contributed by atoms with van der Waals surface area (Å²) in [7, 11) is 0. The van der Waals surface area contributed by atoms with E-state index in [9.17, 15) is 19.5 Å². The molecule has 0 saturated carbocycles. The molecule has 0 atom stereocenters. The van der Waals surface area contributed by atoms with Crippen molar-refractivity contribution in [1.82, 2.24) is 0 Å². The molecule has 0 bridgehead atoms. The number of carbonyl (C=O) groups is 3. The van der Waals surface area contributed by atoms with E-state index in [2.05, 4.69) is 11.7 Å². The molecular formula is C14H21NaO5. The van der Waals surface area contributed by atoms with Crippen LogP contribution in [0.3, 0.4) is 0 Å². The van der Waals surface area contributed by atoms with Crippen LogP contribution in [0.25, 0.3) is 0 Å². The minimum atomic E-state index is -1.50. The fraction of sp³-hybridized carbons (Fsp3) is 0.643. The van der Waals surface area contributed by atoms with Crippen LogP contribution in [0.5, 0.6) is 0 Å². The van der Waals surface area contributed by atoms with E-state index in [0.717, 1.165) is 19.3 Å². The molecule has 0 aliphatic carbocycles. The van der Waals surface area contributed by atoms with E-state index in [1.54, 1.807) is 0 Å². The van der Waals surface area contributed by atoms with E-state index in [-0.39, 0.29) is 36.0 Å². The van der Waals surface area contributed by atoms with Gasteiger partial charge < -0.3 is 14.6 Å². The van der Waals surface area contributed by atoms with Gasteiger partial charge in [-0.25, -0.2) is 4.79 Å². The maximum Gasteiger partial charge on any atom is 1.00 e. The Morgan fingerprint density at radius 2 is 1.50 bits per heavy atom. The second-order valence-electron chi connectivity index (χ2n) is 4.32. The number of aliphatic carboxylic acids is 1. The Hall–Kier alpha value is -0.650. The molecule has 0 aromatic rings. The summed E-state index contributed by atoms with van der Waals surface area (Å²) in [6, 6.07) is 0. The molecule has 0 rings (SSSR count). The molecule has 0 fully saturated rings. The van der Waals surface area contributed by atoms with E-state index < -0.39 is 17.9 Å². The Balaban J connectivity index is 0. The molecular weight excluding hydrogens is 271 g/mol. The monoisotopic (exact) mass is 292 g/mol. The molecule has 0 amide bonds. The van der Waals surface area contributed by atoms with Crippen LogP contribution in [0.15, 0.2) is 12.2 Å². The van der Waals surface area contributed by atoms with E-state index in [4.69, 9.17) is 0 Å². The Morgan fingerprint density at radius 3 is 2.05 bits per heavy atom. The number of hydrogen-bond donors (Lipinski definition) is 0. The fourth-order valence-electron chi connectivity index (χ4n) is 1.56. The normalized spacial score (nSPS) is 10.1. The molecule has 20 heavy (non-hydrogen) atoms. The minimum absolute atomic E-state index is 0. The van der Waals surface area contributed by atoms with Crippen LogP contribution in [-0.4, -0.2) is 17.9 Å². The number of hydrogen-bond acceptors (Lipinski definition) is 5. The standard InChI is InChI=1S/C14H22O5.Na/c1-2-3-4-5-6-7-8-9-13(17)19-14(18)11-10-12(15)16;/h10-11H,2-9H2,1H3,(H,15,16);/q;+1/p-1/b11-10+;. The zero-order valence-electron chi connectivity index (χ0n) is 12.4. The van der Waals surface area contributed by atoms with Crippen molar-refractivity contribution in [2.75, 3.05) is 0 Å². The van der Waals surface area contributed by atoms with Crippen molar-refractivity contribution in [3.8, 4) is 0 Å². The number of rotatable bonds is 10. The second-order valence-corrected chi connectivity index (χ2v) is 4.32. The van der Waals surface area contributed by atoms with Crippen LogP contribution in [0.1, 0.15) is 58.3 Å². The van der Waals surface area contributed by atoms with Gasteiger partial charge in [0.2, 0.25) is 0 Å². The molecule has 0 aliphatic rings. The van der Waals surface area contributed by atoms with Gasteiger partial charge in [0, 0.05) is 12.5 Å². The van der Waals surface area contributed by atoms with Crippen LogP contribution in [0.2, 0.25) is 0 Å². The largest absolute Gasteiger partial charge is 1.00 e. The maximum absolute atomic E-state index is 11.2. The van der Waals surface area contributed by atoms with E-state index in [1.807, 2.05) is 0 Å². The zero-order valence-corrected chi connectivity index (χ0v) is 14.4. The molecule has 0 unspecified atom stereocenters. The van der Waals surface area contributed by atoms with Crippen LogP contribution >= 0.6 is 0 Å². The van der Waals surface area contributed by atoms with Crippen molar-refractivity contribution in [1.29, 1.82) is 0 Å². The van der Waals surface area contributed by atoms with Crippen molar-refractivity contribution in [2.45, 2.75) is 58.3 Å². The first-order chi connectivity index (χ1) is 9.06. The SMILES string of the molecule is CCCCCCCCCC(=O)OC(=O)/C=C/C(=O)[O-].[Na+]. The summed E-state index contributed by atoms with van der Waals surface area (Å²) in [5.74, 6) is -3.10. The van der Waals surface area contributed by atoms with Crippen LogP contribution < -0.4 is 34.7 Å². The summed E-state index contributed by atoms with van der Waals surface area (Å²) in [4.78, 5) is 32.2. The molecule has 0 saturated heterocycles. The van der Waals surface area contributed by atoms with E-state index in [0.29, 0.717) is 18.6 Å². The van der Waals surface area contributed by atoms with Gasteiger partial charge in [-0.05, 0) is 12.5 Å². The molecule has 0 radical (unpaired) electrons. The molecule has 0 aromatic carbocycles. The number of carbonyl (C=O) groups excluding carboxylic acids is 3. The van der Waals surface area contributed by atoms with E-state index in [1.165, 1.54) is 19.3 Å². The maximum atomic E-state index is 11.2. The van der Waals surface area contributed by atoms with Crippen LogP contribution in [0, 0.1) is 0 Å². The summed E-state index contributed by atoms with van der Waals surface area (Å²) in [5.41, 5.74) is 0. The first kappa shape index (κ1) is 21.6. The van der Waals surface area contributed by atoms with Gasteiger partial charge >= 0.3 is 41.5 Å². The molecule has 0 aliphatic heterocycles. The fourth-order valence-corrected chi connectivity index (χ4v) is 1.56. The average Bonchev–Trinajstić information content (AvgIpc) is 2.35. The third kappa shape index (κ3) is 15.4. The number of carboxylic acids is 1. The third-order valence-electron chi connectivity index (χ3n) is 2.55. The van der Waals surface area contributed by atoms with Gasteiger partial charge in [0.1, 0.15) is 0 Å². The number of ether oxygens (including phenoxy) is 1. The third-order valence-corrected chi connectivity index (χ3v) is 2.55. The summed E-state index contributed by atoms with van der Waals surface area (Å²) < 4.78 is 4.39. The van der Waals surface area contributed by atoms with Gasteiger partial charge in [0.15, 0.2) is 0 Å². The van der Waals surface area contributed by atoms with Crippen molar-refractivity contribution >= 4 is 17.9 Å². The zero-order chi connectivity index (χ0) is 14.5. The molecule has 0 N–H and O–H groups in total. The summed E-state index contributed by atoms with van der Waals surface area (Å²) >= 11 is 0. The van der Waals surface area contributed by atoms with Gasteiger partial charge in [0.05, 0.1) is 5.97 Å². The van der Waals surface area contributed by atoms with Crippen LogP contribution in [0.4, 0.5) is 0 Å². The first-order valence-corrected chi connectivity index (χ1v) is 6.70. The smallest absolute Gasteiger partial charge is 0.545 e. The van der Waals surface area contributed by atoms with Gasteiger partial charge in [-0.2, -0.15) is 0 Å². The molecule has 0 aromatic heterocycles. The molecule has 5 nitrogen and oxygen atoms in total. The molecule has 0 spiro atoms.